The summed E-state index contributed by atoms with van der Waals surface area (Å²) in [7, 11) is 0. The summed E-state index contributed by atoms with van der Waals surface area (Å²) in [6.07, 6.45) is 0. The molecule has 5 heteroatoms. The van der Waals surface area contributed by atoms with Crippen molar-refractivity contribution in [1.82, 2.24) is 0 Å². The average molecular weight is 223 g/mol. The summed E-state index contributed by atoms with van der Waals surface area (Å²) in [5.74, 6) is -0.537. The number of hydrogen-bond donors (Lipinski definition) is 2. The van der Waals surface area contributed by atoms with Crippen molar-refractivity contribution in [2.75, 3.05) is 6.54 Å². The van der Waals surface area contributed by atoms with Crippen LogP contribution in [-0.4, -0.2) is 6.54 Å². The van der Waals surface area contributed by atoms with Gasteiger partial charge in [-0.15, -0.1) is 0 Å². The predicted octanol–water partition coefficient (Wildman–Crippen LogP) is 2.09. The first kappa shape index (κ1) is 10.7. The summed E-state index contributed by atoms with van der Waals surface area (Å²) < 4.78 is 13.0. The van der Waals surface area contributed by atoms with Gasteiger partial charge in [0.1, 0.15) is 5.82 Å². The molecular weight excluding hydrogens is 214 g/mol. The van der Waals surface area contributed by atoms with Crippen molar-refractivity contribution in [2.45, 2.75) is 6.04 Å². The third kappa shape index (κ3) is 2.11. The molecule has 13 heavy (non-hydrogen) atoms. The molecule has 72 valence electrons. The Kier molecular flexibility index (Phi) is 3.50. The lowest BCUT2D eigenvalue weighted by Gasteiger charge is -2.13. The molecule has 4 N–H and O–H groups in total. The summed E-state index contributed by atoms with van der Waals surface area (Å²) in [4.78, 5) is 0. The second kappa shape index (κ2) is 4.24. The van der Waals surface area contributed by atoms with E-state index in [0.29, 0.717) is 10.6 Å². The molecule has 0 amide bonds. The molecule has 0 saturated carbocycles. The van der Waals surface area contributed by atoms with E-state index < -0.39 is 11.9 Å². The Balaban J connectivity index is 3.25. The molecule has 0 fully saturated rings. The van der Waals surface area contributed by atoms with Gasteiger partial charge in [-0.1, -0.05) is 23.2 Å². The molecule has 0 aromatic heterocycles. The van der Waals surface area contributed by atoms with Gasteiger partial charge in [-0.2, -0.15) is 0 Å². The molecule has 0 bridgehead atoms. The van der Waals surface area contributed by atoms with Crippen LogP contribution >= 0.6 is 23.2 Å². The zero-order valence-corrected chi connectivity index (χ0v) is 8.24. The van der Waals surface area contributed by atoms with Gasteiger partial charge in [-0.3, -0.25) is 0 Å². The first-order valence-electron chi connectivity index (χ1n) is 3.67. The highest BCUT2D eigenvalue weighted by Crippen LogP contribution is 2.30. The summed E-state index contributed by atoms with van der Waals surface area (Å²) in [6, 6.07) is 2.07. The lowest BCUT2D eigenvalue weighted by Crippen LogP contribution is -2.21. The second-order valence-electron chi connectivity index (χ2n) is 2.60. The lowest BCUT2D eigenvalue weighted by atomic mass is 10.1. The van der Waals surface area contributed by atoms with E-state index >= 15 is 0 Å². The van der Waals surface area contributed by atoms with Crippen molar-refractivity contribution < 1.29 is 4.39 Å². The van der Waals surface area contributed by atoms with Crippen LogP contribution in [0.15, 0.2) is 12.1 Å². The minimum atomic E-state index is -0.537. The highest BCUT2D eigenvalue weighted by Gasteiger charge is 2.15. The van der Waals surface area contributed by atoms with Gasteiger partial charge in [-0.25, -0.2) is 4.39 Å². The van der Waals surface area contributed by atoms with Crippen LogP contribution in [0.25, 0.3) is 0 Å². The number of halogens is 3. The Morgan fingerprint density at radius 3 is 2.54 bits per heavy atom. The van der Waals surface area contributed by atoms with Crippen molar-refractivity contribution in [3.05, 3.63) is 33.6 Å². The largest absolute Gasteiger partial charge is 0.329 e. The zero-order valence-electron chi connectivity index (χ0n) is 6.73. The van der Waals surface area contributed by atoms with Gasteiger partial charge >= 0.3 is 0 Å². The highest BCUT2D eigenvalue weighted by molar-refractivity contribution is 6.36. The number of benzene rings is 1. The fraction of sp³-hybridized carbons (Fsp3) is 0.250. The van der Waals surface area contributed by atoms with E-state index in [2.05, 4.69) is 0 Å². The SMILES string of the molecule is NC[C@H](N)c1c(Cl)ccc(F)c1Cl. The molecule has 1 atom stereocenters. The van der Waals surface area contributed by atoms with Gasteiger partial charge in [0.25, 0.3) is 0 Å². The van der Waals surface area contributed by atoms with Gasteiger partial charge in [0.15, 0.2) is 0 Å². The Labute approximate surface area is 85.6 Å². The summed E-state index contributed by atoms with van der Waals surface area (Å²) in [6.45, 7) is 0.170. The Hall–Kier alpha value is -0.350. The summed E-state index contributed by atoms with van der Waals surface area (Å²) in [5.41, 5.74) is 11.3. The summed E-state index contributed by atoms with van der Waals surface area (Å²) >= 11 is 11.5. The number of rotatable bonds is 2. The topological polar surface area (TPSA) is 52.0 Å². The van der Waals surface area contributed by atoms with E-state index in [9.17, 15) is 4.39 Å². The van der Waals surface area contributed by atoms with Crippen LogP contribution in [0.4, 0.5) is 4.39 Å². The van der Waals surface area contributed by atoms with Crippen molar-refractivity contribution in [3.63, 3.8) is 0 Å². The molecule has 1 aromatic carbocycles. The lowest BCUT2D eigenvalue weighted by molar-refractivity contribution is 0.620. The molecule has 0 aliphatic carbocycles. The van der Waals surface area contributed by atoms with E-state index in [1.54, 1.807) is 0 Å². The van der Waals surface area contributed by atoms with E-state index in [0.717, 1.165) is 0 Å². The normalized spacial score (nSPS) is 13.0. The maximum absolute atomic E-state index is 13.0. The minimum absolute atomic E-state index is 0.0505. The van der Waals surface area contributed by atoms with Crippen molar-refractivity contribution in [1.29, 1.82) is 0 Å². The van der Waals surface area contributed by atoms with Crippen LogP contribution in [0.3, 0.4) is 0 Å². The smallest absolute Gasteiger partial charge is 0.142 e. The molecule has 0 heterocycles. The molecule has 0 radical (unpaired) electrons. The van der Waals surface area contributed by atoms with E-state index in [1.807, 2.05) is 0 Å². The molecule has 0 aliphatic rings. The van der Waals surface area contributed by atoms with Crippen LogP contribution < -0.4 is 11.5 Å². The number of hydrogen-bond acceptors (Lipinski definition) is 2. The summed E-state index contributed by atoms with van der Waals surface area (Å²) in [5, 5.41) is 0.287. The first-order chi connectivity index (χ1) is 6.07. The molecule has 0 aliphatic heterocycles. The molecule has 1 aromatic rings. The van der Waals surface area contributed by atoms with Gasteiger partial charge in [0.05, 0.1) is 5.02 Å². The Bertz CT molecular complexity index is 317. The van der Waals surface area contributed by atoms with Gasteiger partial charge in [0, 0.05) is 23.2 Å². The van der Waals surface area contributed by atoms with E-state index in [1.165, 1.54) is 12.1 Å². The molecule has 1 rings (SSSR count). The van der Waals surface area contributed by atoms with Gasteiger partial charge < -0.3 is 11.5 Å². The third-order valence-corrected chi connectivity index (χ3v) is 2.42. The Morgan fingerprint density at radius 2 is 2.00 bits per heavy atom. The fourth-order valence-electron chi connectivity index (χ4n) is 1.00. The minimum Gasteiger partial charge on any atom is -0.329 e. The van der Waals surface area contributed by atoms with Crippen molar-refractivity contribution in [3.8, 4) is 0 Å². The number of nitrogens with two attached hydrogens (primary N) is 2. The second-order valence-corrected chi connectivity index (χ2v) is 3.38. The zero-order chi connectivity index (χ0) is 10.0. The molecule has 2 nitrogen and oxygen atoms in total. The van der Waals surface area contributed by atoms with Crippen molar-refractivity contribution in [2.24, 2.45) is 11.5 Å². The highest BCUT2D eigenvalue weighted by atomic mass is 35.5. The molecule has 0 unspecified atom stereocenters. The van der Waals surface area contributed by atoms with Crippen LogP contribution in [0, 0.1) is 5.82 Å². The molecule has 0 spiro atoms. The maximum atomic E-state index is 13.0. The maximum Gasteiger partial charge on any atom is 0.142 e. The molecular formula is C8H9Cl2FN2. The van der Waals surface area contributed by atoms with Crippen LogP contribution in [-0.2, 0) is 0 Å². The standard InChI is InChI=1S/C8H9Cl2FN2/c9-4-1-2-5(11)8(10)7(4)6(13)3-12/h1-2,6H,3,12-13H2/t6-/m0/s1. The fourth-order valence-corrected chi connectivity index (χ4v) is 1.65. The molecule has 0 saturated heterocycles. The quantitative estimate of drug-likeness (QED) is 0.754. The predicted molar refractivity (Wildman–Crippen MR) is 52.4 cm³/mol. The van der Waals surface area contributed by atoms with Gasteiger partial charge in [-0.05, 0) is 12.1 Å². The first-order valence-corrected chi connectivity index (χ1v) is 4.42. The van der Waals surface area contributed by atoms with Crippen molar-refractivity contribution >= 4 is 23.2 Å². The van der Waals surface area contributed by atoms with Crippen LogP contribution in [0.5, 0.6) is 0 Å². The van der Waals surface area contributed by atoms with Crippen LogP contribution in [0.1, 0.15) is 11.6 Å². The monoisotopic (exact) mass is 222 g/mol. The van der Waals surface area contributed by atoms with E-state index in [4.69, 9.17) is 34.7 Å². The van der Waals surface area contributed by atoms with Crippen LogP contribution in [0.2, 0.25) is 10.0 Å². The average Bonchev–Trinajstić information content (AvgIpc) is 2.12. The third-order valence-electron chi connectivity index (χ3n) is 1.70. The van der Waals surface area contributed by atoms with E-state index in [-0.39, 0.29) is 11.6 Å². The van der Waals surface area contributed by atoms with Gasteiger partial charge in [0.2, 0.25) is 0 Å². The Morgan fingerprint density at radius 1 is 1.38 bits per heavy atom.